The zero-order valence-electron chi connectivity index (χ0n) is 18.1. The van der Waals surface area contributed by atoms with E-state index in [2.05, 4.69) is 4.57 Å². The van der Waals surface area contributed by atoms with Crippen LogP contribution in [0, 0.1) is 13.8 Å². The Balaban J connectivity index is 1.37. The summed E-state index contributed by atoms with van der Waals surface area (Å²) < 4.78 is 23.8. The van der Waals surface area contributed by atoms with Crippen molar-refractivity contribution in [3.05, 3.63) is 53.0 Å². The molecule has 0 unspecified atom stereocenters. The van der Waals surface area contributed by atoms with E-state index < -0.39 is 5.97 Å². The number of benzene rings is 1. The van der Waals surface area contributed by atoms with Crippen molar-refractivity contribution in [3.63, 3.8) is 0 Å². The Labute approximate surface area is 180 Å². The molecule has 0 bridgehead atoms. The molecule has 0 amide bonds. The minimum absolute atomic E-state index is 0.0324. The number of hydrogen-bond donors (Lipinski definition) is 0. The van der Waals surface area contributed by atoms with Gasteiger partial charge in [-0.2, -0.15) is 0 Å². The molecule has 0 N–H and O–H groups in total. The zero-order valence-corrected chi connectivity index (χ0v) is 18.1. The fourth-order valence-electron chi connectivity index (χ4n) is 4.11. The smallest absolute Gasteiger partial charge is 0.310 e. The lowest BCUT2D eigenvalue weighted by atomic mass is 10.1. The van der Waals surface area contributed by atoms with Crippen LogP contribution in [-0.2, 0) is 27.2 Å². The summed E-state index contributed by atoms with van der Waals surface area (Å²) in [5, 5.41) is 0.821. The van der Waals surface area contributed by atoms with Gasteiger partial charge in [0.05, 0.1) is 25.9 Å². The molecule has 1 aliphatic rings. The van der Waals surface area contributed by atoms with Gasteiger partial charge in [-0.3, -0.25) is 9.59 Å². The SMILES string of the molecule is COc1ccc2c(CC(=O)OCC(=O)c3cc(C)n(C[C@H]4CCCO4)c3C)coc2c1. The van der Waals surface area contributed by atoms with Gasteiger partial charge in [0.15, 0.2) is 6.61 Å². The largest absolute Gasteiger partial charge is 0.497 e. The molecule has 0 aliphatic carbocycles. The molecule has 1 saturated heterocycles. The third kappa shape index (κ3) is 4.51. The maximum atomic E-state index is 12.7. The fraction of sp³-hybridized carbons (Fsp3) is 0.417. The molecule has 7 heteroatoms. The maximum Gasteiger partial charge on any atom is 0.310 e. The first-order chi connectivity index (χ1) is 15.0. The zero-order chi connectivity index (χ0) is 22.0. The summed E-state index contributed by atoms with van der Waals surface area (Å²) >= 11 is 0. The van der Waals surface area contributed by atoms with Gasteiger partial charge in [-0.05, 0) is 44.9 Å². The Bertz CT molecular complexity index is 1100. The van der Waals surface area contributed by atoms with Crippen molar-refractivity contribution < 1.29 is 28.2 Å². The van der Waals surface area contributed by atoms with Crippen LogP contribution in [-0.4, -0.2) is 42.7 Å². The highest BCUT2D eigenvalue weighted by Gasteiger charge is 2.22. The molecule has 1 atom stereocenters. The minimum atomic E-state index is -0.472. The summed E-state index contributed by atoms with van der Waals surface area (Å²) in [6.07, 6.45) is 3.87. The molecule has 31 heavy (non-hydrogen) atoms. The molecule has 4 rings (SSSR count). The highest BCUT2D eigenvalue weighted by atomic mass is 16.5. The van der Waals surface area contributed by atoms with Crippen LogP contribution in [0.25, 0.3) is 11.0 Å². The molecule has 0 radical (unpaired) electrons. The van der Waals surface area contributed by atoms with Gasteiger partial charge in [-0.15, -0.1) is 0 Å². The highest BCUT2D eigenvalue weighted by Crippen LogP contribution is 2.26. The van der Waals surface area contributed by atoms with E-state index in [-0.39, 0.29) is 24.9 Å². The number of ketones is 1. The van der Waals surface area contributed by atoms with Crippen LogP contribution in [0.2, 0.25) is 0 Å². The van der Waals surface area contributed by atoms with E-state index in [1.807, 2.05) is 32.0 Å². The van der Waals surface area contributed by atoms with Crippen molar-refractivity contribution >= 4 is 22.7 Å². The number of fused-ring (bicyclic) bond motifs is 1. The number of rotatable bonds is 8. The Hall–Kier alpha value is -3.06. The Kier molecular flexibility index (Phi) is 6.13. The third-order valence-electron chi connectivity index (χ3n) is 5.85. The average Bonchev–Trinajstić information content (AvgIpc) is 3.48. The van der Waals surface area contributed by atoms with Crippen LogP contribution >= 0.6 is 0 Å². The normalized spacial score (nSPS) is 16.0. The van der Waals surface area contributed by atoms with E-state index in [0.717, 1.165) is 42.8 Å². The quantitative estimate of drug-likeness (QED) is 0.401. The van der Waals surface area contributed by atoms with E-state index in [1.165, 1.54) is 6.26 Å². The summed E-state index contributed by atoms with van der Waals surface area (Å²) in [6, 6.07) is 7.27. The fourth-order valence-corrected chi connectivity index (χ4v) is 4.11. The monoisotopic (exact) mass is 425 g/mol. The van der Waals surface area contributed by atoms with Crippen molar-refractivity contribution in [2.75, 3.05) is 20.3 Å². The second-order valence-electron chi connectivity index (χ2n) is 7.91. The lowest BCUT2D eigenvalue weighted by Gasteiger charge is -2.14. The molecule has 2 aromatic heterocycles. The first kappa shape index (κ1) is 21.2. The number of hydrogen-bond acceptors (Lipinski definition) is 6. The average molecular weight is 425 g/mol. The predicted octanol–water partition coefficient (Wildman–Crippen LogP) is 4.01. The summed E-state index contributed by atoms with van der Waals surface area (Å²) in [6.45, 7) is 5.15. The third-order valence-corrected chi connectivity index (χ3v) is 5.85. The predicted molar refractivity (Wildman–Crippen MR) is 115 cm³/mol. The number of nitrogens with zero attached hydrogens (tertiary/aromatic N) is 1. The molecule has 3 heterocycles. The van der Waals surface area contributed by atoms with Crippen molar-refractivity contribution in [2.45, 2.75) is 45.8 Å². The van der Waals surface area contributed by atoms with E-state index in [9.17, 15) is 9.59 Å². The number of ether oxygens (including phenoxy) is 3. The first-order valence-electron chi connectivity index (χ1n) is 10.5. The standard InChI is InChI=1S/C24H27NO6/c1-15-9-21(16(2)25(15)12-19-5-4-8-29-19)22(26)14-31-24(27)10-17-13-30-23-11-18(28-3)6-7-20(17)23/h6-7,9,11,13,19H,4-5,8,10,12,14H2,1-3H3/t19-/m1/s1. The van der Waals surface area contributed by atoms with Crippen LogP contribution in [0.15, 0.2) is 34.9 Å². The van der Waals surface area contributed by atoms with Crippen LogP contribution in [0.1, 0.15) is 40.2 Å². The number of carbonyl (C=O) groups excluding carboxylic acids is 2. The van der Waals surface area contributed by atoms with Crippen LogP contribution in [0.3, 0.4) is 0 Å². The van der Waals surface area contributed by atoms with Crippen LogP contribution in [0.5, 0.6) is 5.75 Å². The van der Waals surface area contributed by atoms with Gasteiger partial charge in [-0.1, -0.05) is 0 Å². The highest BCUT2D eigenvalue weighted by molar-refractivity contribution is 5.99. The van der Waals surface area contributed by atoms with Gasteiger partial charge in [0.1, 0.15) is 11.3 Å². The Morgan fingerprint density at radius 1 is 1.23 bits per heavy atom. The van der Waals surface area contributed by atoms with Crippen LogP contribution < -0.4 is 4.74 Å². The lowest BCUT2D eigenvalue weighted by molar-refractivity contribution is -0.141. The van der Waals surface area contributed by atoms with E-state index in [1.54, 1.807) is 13.2 Å². The van der Waals surface area contributed by atoms with E-state index in [0.29, 0.717) is 22.5 Å². The molecule has 7 nitrogen and oxygen atoms in total. The van der Waals surface area contributed by atoms with Gasteiger partial charge in [-0.25, -0.2) is 0 Å². The number of Topliss-reactive ketones (excluding diaryl/α,β-unsaturated/α-hetero) is 1. The van der Waals surface area contributed by atoms with Gasteiger partial charge in [0, 0.05) is 47.1 Å². The van der Waals surface area contributed by atoms with Crippen molar-refractivity contribution in [1.29, 1.82) is 0 Å². The van der Waals surface area contributed by atoms with Gasteiger partial charge in [0.2, 0.25) is 5.78 Å². The second-order valence-corrected chi connectivity index (χ2v) is 7.91. The van der Waals surface area contributed by atoms with Crippen molar-refractivity contribution in [1.82, 2.24) is 4.57 Å². The molecule has 1 aliphatic heterocycles. The topological polar surface area (TPSA) is 79.9 Å². The number of carbonyl (C=O) groups is 2. The molecule has 3 aromatic rings. The number of aromatic nitrogens is 1. The number of furan rings is 1. The molecule has 1 aromatic carbocycles. The number of esters is 1. The van der Waals surface area contributed by atoms with Gasteiger partial charge in [0.25, 0.3) is 0 Å². The second kappa shape index (κ2) is 8.98. The number of aryl methyl sites for hydroxylation is 1. The molecule has 0 spiro atoms. The maximum absolute atomic E-state index is 12.7. The molecular formula is C24H27NO6. The van der Waals surface area contributed by atoms with Gasteiger partial charge >= 0.3 is 5.97 Å². The number of methoxy groups -OCH3 is 1. The summed E-state index contributed by atoms with van der Waals surface area (Å²) in [7, 11) is 1.58. The van der Waals surface area contributed by atoms with Crippen molar-refractivity contribution in [2.24, 2.45) is 0 Å². The van der Waals surface area contributed by atoms with E-state index >= 15 is 0 Å². The molecule has 0 saturated carbocycles. The first-order valence-corrected chi connectivity index (χ1v) is 10.5. The van der Waals surface area contributed by atoms with Crippen molar-refractivity contribution in [3.8, 4) is 5.75 Å². The molecule has 164 valence electrons. The van der Waals surface area contributed by atoms with Gasteiger partial charge < -0.3 is 23.2 Å². The minimum Gasteiger partial charge on any atom is -0.497 e. The summed E-state index contributed by atoms with van der Waals surface area (Å²) in [4.78, 5) is 25.0. The summed E-state index contributed by atoms with van der Waals surface area (Å²) in [5.41, 5.74) is 3.82. The molecule has 1 fully saturated rings. The Morgan fingerprint density at radius 2 is 2.06 bits per heavy atom. The lowest BCUT2D eigenvalue weighted by Crippen LogP contribution is -2.18. The summed E-state index contributed by atoms with van der Waals surface area (Å²) in [5.74, 6) is 0.000488. The van der Waals surface area contributed by atoms with Crippen LogP contribution in [0.4, 0.5) is 0 Å². The Morgan fingerprint density at radius 3 is 2.81 bits per heavy atom. The van der Waals surface area contributed by atoms with E-state index in [4.69, 9.17) is 18.6 Å². The molecular weight excluding hydrogens is 398 g/mol.